The number of aromatic nitrogens is 4. The molecular formula is C13H13N5S. The van der Waals surface area contributed by atoms with E-state index in [0.29, 0.717) is 0 Å². The lowest BCUT2D eigenvalue weighted by atomic mass is 10.2. The first-order chi connectivity index (χ1) is 9.33. The first-order valence-electron chi connectivity index (χ1n) is 5.94. The van der Waals surface area contributed by atoms with Crippen LogP contribution in [0.4, 0.5) is 5.69 Å². The highest BCUT2D eigenvalue weighted by Crippen LogP contribution is 2.22. The summed E-state index contributed by atoms with van der Waals surface area (Å²) in [7, 11) is 0. The average Bonchev–Trinajstić information content (AvgIpc) is 3.13. The zero-order chi connectivity index (χ0) is 13.1. The molecule has 0 fully saturated rings. The minimum Gasteiger partial charge on any atom is -0.376 e. The molecule has 0 aliphatic carbocycles. The van der Waals surface area contributed by atoms with Crippen LogP contribution in [0.25, 0.3) is 5.82 Å². The lowest BCUT2D eigenvalue weighted by molar-refractivity contribution is 0.842. The molecule has 5 nitrogen and oxygen atoms in total. The normalized spacial score (nSPS) is 12.3. The quantitative estimate of drug-likeness (QED) is 0.792. The Morgan fingerprint density at radius 2 is 2.26 bits per heavy atom. The Morgan fingerprint density at radius 3 is 2.89 bits per heavy atom. The maximum Gasteiger partial charge on any atom is 0.155 e. The summed E-state index contributed by atoms with van der Waals surface area (Å²) in [6.07, 6.45) is 4.93. The van der Waals surface area contributed by atoms with Crippen molar-refractivity contribution in [2.45, 2.75) is 13.0 Å². The molecular weight excluding hydrogens is 258 g/mol. The lowest BCUT2D eigenvalue weighted by Crippen LogP contribution is -2.06. The van der Waals surface area contributed by atoms with Gasteiger partial charge in [0.2, 0.25) is 0 Å². The van der Waals surface area contributed by atoms with Gasteiger partial charge in [-0.2, -0.15) is 5.10 Å². The van der Waals surface area contributed by atoms with Crippen molar-refractivity contribution in [2.75, 3.05) is 5.32 Å². The highest BCUT2D eigenvalue weighted by atomic mass is 32.1. The molecule has 1 atom stereocenters. The number of anilines is 1. The SMILES string of the molecule is CC(Nc1ccc(-n2cncn2)nc1)c1cccs1. The number of hydrogen-bond acceptors (Lipinski definition) is 5. The van der Waals surface area contributed by atoms with Crippen LogP contribution in [-0.2, 0) is 0 Å². The summed E-state index contributed by atoms with van der Waals surface area (Å²) in [4.78, 5) is 9.56. The van der Waals surface area contributed by atoms with Crippen molar-refractivity contribution in [3.63, 3.8) is 0 Å². The largest absolute Gasteiger partial charge is 0.376 e. The van der Waals surface area contributed by atoms with Gasteiger partial charge in [0.05, 0.1) is 17.9 Å². The number of thiophene rings is 1. The van der Waals surface area contributed by atoms with Crippen LogP contribution in [-0.4, -0.2) is 19.7 Å². The Labute approximate surface area is 115 Å². The molecule has 0 bridgehead atoms. The first kappa shape index (κ1) is 11.9. The first-order valence-corrected chi connectivity index (χ1v) is 6.82. The average molecular weight is 271 g/mol. The zero-order valence-corrected chi connectivity index (χ0v) is 11.2. The van der Waals surface area contributed by atoms with Crippen molar-refractivity contribution in [2.24, 2.45) is 0 Å². The topological polar surface area (TPSA) is 55.6 Å². The van der Waals surface area contributed by atoms with E-state index in [4.69, 9.17) is 0 Å². The third-order valence-electron chi connectivity index (χ3n) is 2.75. The Hall–Kier alpha value is -2.21. The summed E-state index contributed by atoms with van der Waals surface area (Å²) < 4.78 is 1.63. The molecule has 3 aromatic rings. The summed E-state index contributed by atoms with van der Waals surface area (Å²) in [5, 5.41) is 9.54. The van der Waals surface area contributed by atoms with Crippen molar-refractivity contribution in [1.82, 2.24) is 19.7 Å². The highest BCUT2D eigenvalue weighted by molar-refractivity contribution is 7.10. The standard InChI is InChI=1S/C13H13N5S/c1-10(12-3-2-6-19-12)17-11-4-5-13(15-7-11)18-9-14-8-16-18/h2-10,17H,1H3. The summed E-state index contributed by atoms with van der Waals surface area (Å²) in [5.41, 5.74) is 0.991. The van der Waals surface area contributed by atoms with Crippen LogP contribution in [0.15, 0.2) is 48.5 Å². The fourth-order valence-electron chi connectivity index (χ4n) is 1.79. The number of pyridine rings is 1. The molecule has 0 aliphatic rings. The van der Waals surface area contributed by atoms with Crippen LogP contribution in [0.3, 0.4) is 0 Å². The molecule has 3 aromatic heterocycles. The Kier molecular flexibility index (Phi) is 3.24. The van der Waals surface area contributed by atoms with Gasteiger partial charge in [-0.25, -0.2) is 14.6 Å². The molecule has 0 spiro atoms. The summed E-state index contributed by atoms with van der Waals surface area (Å²) >= 11 is 1.75. The van der Waals surface area contributed by atoms with Gasteiger partial charge in [0.15, 0.2) is 5.82 Å². The molecule has 19 heavy (non-hydrogen) atoms. The molecule has 3 rings (SSSR count). The summed E-state index contributed by atoms with van der Waals surface area (Å²) in [6.45, 7) is 2.14. The fraction of sp³-hybridized carbons (Fsp3) is 0.154. The molecule has 6 heteroatoms. The second kappa shape index (κ2) is 5.19. The highest BCUT2D eigenvalue weighted by Gasteiger charge is 2.06. The molecule has 0 aromatic carbocycles. The summed E-state index contributed by atoms with van der Waals surface area (Å²) in [6, 6.07) is 8.37. The third kappa shape index (κ3) is 2.63. The van der Waals surface area contributed by atoms with E-state index in [1.807, 2.05) is 12.1 Å². The molecule has 3 heterocycles. The van der Waals surface area contributed by atoms with Crippen molar-refractivity contribution in [1.29, 1.82) is 0 Å². The van der Waals surface area contributed by atoms with Gasteiger partial charge in [0.1, 0.15) is 12.7 Å². The Bertz CT molecular complexity index is 616. The number of nitrogens with zero attached hydrogens (tertiary/aromatic N) is 4. The van der Waals surface area contributed by atoms with Gasteiger partial charge in [0.25, 0.3) is 0 Å². The number of rotatable bonds is 4. The molecule has 96 valence electrons. The van der Waals surface area contributed by atoms with Crippen LogP contribution < -0.4 is 5.32 Å². The number of nitrogens with one attached hydrogen (secondary N) is 1. The predicted molar refractivity (Wildman–Crippen MR) is 75.5 cm³/mol. The summed E-state index contributed by atoms with van der Waals surface area (Å²) in [5.74, 6) is 0.756. The van der Waals surface area contributed by atoms with Crippen LogP contribution in [0.5, 0.6) is 0 Å². The Morgan fingerprint density at radius 1 is 1.32 bits per heavy atom. The molecule has 0 saturated carbocycles. The van der Waals surface area contributed by atoms with E-state index in [1.54, 1.807) is 28.5 Å². The van der Waals surface area contributed by atoms with Crippen LogP contribution in [0.2, 0.25) is 0 Å². The molecule has 0 radical (unpaired) electrons. The van der Waals surface area contributed by atoms with E-state index in [-0.39, 0.29) is 6.04 Å². The lowest BCUT2D eigenvalue weighted by Gasteiger charge is -2.13. The van der Waals surface area contributed by atoms with Gasteiger partial charge in [-0.15, -0.1) is 11.3 Å². The number of hydrogen-bond donors (Lipinski definition) is 1. The van der Waals surface area contributed by atoms with Gasteiger partial charge >= 0.3 is 0 Å². The van der Waals surface area contributed by atoms with Crippen LogP contribution >= 0.6 is 11.3 Å². The maximum absolute atomic E-state index is 4.36. The van der Waals surface area contributed by atoms with Crippen molar-refractivity contribution >= 4 is 17.0 Å². The van der Waals surface area contributed by atoms with E-state index < -0.39 is 0 Å². The third-order valence-corrected chi connectivity index (χ3v) is 3.81. The van der Waals surface area contributed by atoms with E-state index in [2.05, 4.69) is 44.8 Å². The Balaban J connectivity index is 1.73. The van der Waals surface area contributed by atoms with Gasteiger partial charge in [-0.3, -0.25) is 0 Å². The zero-order valence-electron chi connectivity index (χ0n) is 10.4. The predicted octanol–water partition coefficient (Wildman–Crippen LogP) is 2.90. The van der Waals surface area contributed by atoms with Crippen LogP contribution in [0, 0.1) is 0 Å². The molecule has 0 amide bonds. The second-order valence-corrected chi connectivity index (χ2v) is 5.11. The van der Waals surface area contributed by atoms with E-state index in [9.17, 15) is 0 Å². The van der Waals surface area contributed by atoms with Gasteiger partial charge in [-0.1, -0.05) is 6.07 Å². The maximum atomic E-state index is 4.36. The molecule has 0 saturated heterocycles. The fourth-order valence-corrected chi connectivity index (χ4v) is 2.53. The minimum absolute atomic E-state index is 0.277. The van der Waals surface area contributed by atoms with E-state index >= 15 is 0 Å². The van der Waals surface area contributed by atoms with Gasteiger partial charge < -0.3 is 5.32 Å². The van der Waals surface area contributed by atoms with Gasteiger partial charge in [0, 0.05) is 4.88 Å². The van der Waals surface area contributed by atoms with Crippen molar-refractivity contribution in [3.8, 4) is 5.82 Å². The molecule has 0 aliphatic heterocycles. The van der Waals surface area contributed by atoms with Crippen molar-refractivity contribution in [3.05, 3.63) is 53.4 Å². The van der Waals surface area contributed by atoms with Gasteiger partial charge in [-0.05, 0) is 30.5 Å². The molecule has 1 N–H and O–H groups in total. The van der Waals surface area contributed by atoms with Crippen molar-refractivity contribution < 1.29 is 0 Å². The molecule has 1 unspecified atom stereocenters. The minimum atomic E-state index is 0.277. The smallest absolute Gasteiger partial charge is 0.155 e. The van der Waals surface area contributed by atoms with E-state index in [0.717, 1.165) is 11.5 Å². The van der Waals surface area contributed by atoms with Crippen LogP contribution in [0.1, 0.15) is 17.8 Å². The monoisotopic (exact) mass is 271 g/mol. The van der Waals surface area contributed by atoms with E-state index in [1.165, 1.54) is 11.2 Å². The second-order valence-electron chi connectivity index (χ2n) is 4.13.